The van der Waals surface area contributed by atoms with E-state index in [-0.39, 0.29) is 6.10 Å². The molecule has 3 aromatic rings. The number of halogens is 3. The number of hydrogen-bond acceptors (Lipinski definition) is 7. The number of nitrogens with one attached hydrogen (secondary N) is 1. The molecule has 174 valence electrons. The largest absolute Gasteiger partial charge is 0.488 e. The van der Waals surface area contributed by atoms with Crippen molar-refractivity contribution in [3.63, 3.8) is 0 Å². The number of thiazole rings is 1. The number of hydrogen-bond donors (Lipinski definition) is 1. The van der Waals surface area contributed by atoms with Crippen LogP contribution in [0.1, 0.15) is 46.0 Å². The van der Waals surface area contributed by atoms with Crippen molar-refractivity contribution in [2.24, 2.45) is 0 Å². The van der Waals surface area contributed by atoms with Crippen LogP contribution in [0.2, 0.25) is 0 Å². The zero-order valence-corrected chi connectivity index (χ0v) is 18.7. The summed E-state index contributed by atoms with van der Waals surface area (Å²) < 4.78 is 49.5. The Labute approximate surface area is 192 Å². The fraction of sp³-hybridized carbons (Fsp3) is 0.364. The molecule has 4 rings (SSSR count). The Hall–Kier alpha value is -3.05. The molecule has 3 heterocycles. The van der Waals surface area contributed by atoms with Gasteiger partial charge >= 0.3 is 6.18 Å². The predicted octanol–water partition coefficient (Wildman–Crippen LogP) is 4.59. The van der Waals surface area contributed by atoms with E-state index < -0.39 is 23.9 Å². The third-order valence-corrected chi connectivity index (χ3v) is 6.00. The molecule has 1 saturated heterocycles. The quantitative estimate of drug-likeness (QED) is 0.558. The Morgan fingerprint density at radius 2 is 2.00 bits per heavy atom. The van der Waals surface area contributed by atoms with Gasteiger partial charge in [-0.25, -0.2) is 15.0 Å². The normalized spacial score (nSPS) is 17.1. The van der Waals surface area contributed by atoms with Gasteiger partial charge in [0.1, 0.15) is 16.9 Å². The number of rotatable bonds is 6. The van der Waals surface area contributed by atoms with E-state index in [2.05, 4.69) is 20.3 Å². The Bertz CT molecular complexity index is 1130. The lowest BCUT2D eigenvalue weighted by molar-refractivity contribution is -0.145. The van der Waals surface area contributed by atoms with Crippen LogP contribution in [0.5, 0.6) is 5.75 Å². The van der Waals surface area contributed by atoms with Crippen molar-refractivity contribution in [2.75, 3.05) is 13.2 Å². The smallest absolute Gasteiger partial charge is 0.451 e. The van der Waals surface area contributed by atoms with E-state index in [0.717, 1.165) is 23.7 Å². The van der Waals surface area contributed by atoms with Gasteiger partial charge in [0, 0.05) is 41.0 Å². The molecule has 0 radical (unpaired) electrons. The lowest BCUT2D eigenvalue weighted by Crippen LogP contribution is -2.28. The van der Waals surface area contributed by atoms with Crippen LogP contribution in [0, 0.1) is 6.92 Å². The highest BCUT2D eigenvalue weighted by molar-refractivity contribution is 7.15. The lowest BCUT2D eigenvalue weighted by atomic mass is 10.1. The van der Waals surface area contributed by atoms with Gasteiger partial charge in [-0.3, -0.25) is 4.79 Å². The minimum Gasteiger partial charge on any atom is -0.488 e. The summed E-state index contributed by atoms with van der Waals surface area (Å²) in [6.45, 7) is 4.68. The van der Waals surface area contributed by atoms with Crippen LogP contribution in [0.15, 0.2) is 36.8 Å². The molecule has 2 aromatic heterocycles. The molecule has 7 nitrogen and oxygen atoms in total. The number of aryl methyl sites for hydroxylation is 1. The molecule has 1 aliphatic heterocycles. The summed E-state index contributed by atoms with van der Waals surface area (Å²) in [5, 5.41) is 3.48. The predicted molar refractivity (Wildman–Crippen MR) is 115 cm³/mol. The SMILES string of the molecule is Cc1cnc(-c2ccc(O[C@@H]3CCOC3)cc2C(=O)N[C@H](C)c2cnc(C(F)(F)F)nc2)s1. The van der Waals surface area contributed by atoms with Crippen LogP contribution in [0.25, 0.3) is 10.6 Å². The number of benzene rings is 1. The maximum Gasteiger partial charge on any atom is 0.451 e. The minimum atomic E-state index is -4.63. The zero-order chi connectivity index (χ0) is 23.6. The molecule has 0 unspecified atom stereocenters. The number of carbonyl (C=O) groups is 1. The van der Waals surface area contributed by atoms with Gasteiger partial charge in [-0.05, 0) is 32.0 Å². The maximum atomic E-state index is 13.2. The fourth-order valence-corrected chi connectivity index (χ4v) is 4.12. The molecular weight excluding hydrogens is 457 g/mol. The van der Waals surface area contributed by atoms with Gasteiger partial charge in [0.25, 0.3) is 5.91 Å². The van der Waals surface area contributed by atoms with Crippen molar-refractivity contribution < 1.29 is 27.4 Å². The third-order valence-electron chi connectivity index (χ3n) is 5.05. The van der Waals surface area contributed by atoms with E-state index in [9.17, 15) is 18.0 Å². The molecule has 1 aliphatic rings. The number of carbonyl (C=O) groups excluding carboxylic acids is 1. The average Bonchev–Trinajstić information content (AvgIpc) is 3.45. The van der Waals surface area contributed by atoms with Crippen molar-refractivity contribution in [3.05, 3.63) is 58.6 Å². The zero-order valence-electron chi connectivity index (χ0n) is 17.8. The molecular formula is C22H21F3N4O3S. The average molecular weight is 478 g/mol. The number of alkyl halides is 3. The summed E-state index contributed by atoms with van der Waals surface area (Å²) in [7, 11) is 0. The highest BCUT2D eigenvalue weighted by Gasteiger charge is 2.34. The first-order chi connectivity index (χ1) is 15.7. The first kappa shape index (κ1) is 23.1. The van der Waals surface area contributed by atoms with Crippen molar-refractivity contribution in [1.82, 2.24) is 20.3 Å². The number of nitrogens with zero attached hydrogens (tertiary/aromatic N) is 3. The van der Waals surface area contributed by atoms with E-state index >= 15 is 0 Å². The van der Waals surface area contributed by atoms with Crippen molar-refractivity contribution in [2.45, 2.75) is 38.6 Å². The van der Waals surface area contributed by atoms with E-state index in [1.54, 1.807) is 31.3 Å². The number of amides is 1. The molecule has 0 aliphatic carbocycles. The summed E-state index contributed by atoms with van der Waals surface area (Å²) in [6.07, 6.45) is -0.102. The summed E-state index contributed by atoms with van der Waals surface area (Å²) >= 11 is 1.45. The summed E-state index contributed by atoms with van der Waals surface area (Å²) in [5.74, 6) is -1.12. The van der Waals surface area contributed by atoms with Gasteiger partial charge in [-0.2, -0.15) is 13.2 Å². The highest BCUT2D eigenvalue weighted by Crippen LogP contribution is 2.32. The molecule has 0 saturated carbocycles. The van der Waals surface area contributed by atoms with Gasteiger partial charge in [0.15, 0.2) is 0 Å². The molecule has 1 N–H and O–H groups in total. The van der Waals surface area contributed by atoms with E-state index in [4.69, 9.17) is 9.47 Å². The number of aromatic nitrogens is 3. The standard InChI is InChI=1S/C22H21F3N4O3S/c1-12-8-26-20(33-12)17-4-3-15(32-16-5-6-31-11-16)7-18(17)19(30)29-13(2)14-9-27-21(28-10-14)22(23,24)25/h3-4,7-10,13,16H,5-6,11H2,1-2H3,(H,29,30)/t13-,16-/m1/s1. The van der Waals surface area contributed by atoms with Crippen LogP contribution < -0.4 is 10.1 Å². The maximum absolute atomic E-state index is 13.2. The summed E-state index contributed by atoms with van der Waals surface area (Å²) in [4.78, 5) is 25.3. The molecule has 0 spiro atoms. The van der Waals surface area contributed by atoms with Crippen molar-refractivity contribution >= 4 is 17.2 Å². The Morgan fingerprint density at radius 3 is 2.61 bits per heavy atom. The van der Waals surface area contributed by atoms with E-state index in [0.29, 0.717) is 40.7 Å². The molecule has 2 atom stereocenters. The highest BCUT2D eigenvalue weighted by atomic mass is 32.1. The topological polar surface area (TPSA) is 86.2 Å². The minimum absolute atomic E-state index is 0.0860. The molecule has 1 fully saturated rings. The molecule has 0 bridgehead atoms. The first-order valence-corrected chi connectivity index (χ1v) is 11.0. The first-order valence-electron chi connectivity index (χ1n) is 10.2. The molecule has 1 amide bonds. The van der Waals surface area contributed by atoms with Gasteiger partial charge in [0.2, 0.25) is 5.82 Å². The van der Waals surface area contributed by atoms with Gasteiger partial charge < -0.3 is 14.8 Å². The second-order valence-corrected chi connectivity index (χ2v) is 8.85. The molecule has 33 heavy (non-hydrogen) atoms. The summed E-state index contributed by atoms with van der Waals surface area (Å²) in [5.41, 5.74) is 1.33. The van der Waals surface area contributed by atoms with E-state index in [1.807, 2.05) is 6.92 Å². The van der Waals surface area contributed by atoms with Crippen LogP contribution in [-0.2, 0) is 10.9 Å². The lowest BCUT2D eigenvalue weighted by Gasteiger charge is -2.17. The van der Waals surface area contributed by atoms with Crippen LogP contribution >= 0.6 is 11.3 Å². The van der Waals surface area contributed by atoms with Crippen LogP contribution in [-0.4, -0.2) is 40.2 Å². The van der Waals surface area contributed by atoms with Crippen LogP contribution in [0.4, 0.5) is 13.2 Å². The second-order valence-electron chi connectivity index (χ2n) is 7.62. The van der Waals surface area contributed by atoms with Crippen LogP contribution in [0.3, 0.4) is 0 Å². The molecule has 1 aromatic carbocycles. The third kappa shape index (κ3) is 5.48. The monoisotopic (exact) mass is 478 g/mol. The Balaban J connectivity index is 1.58. The van der Waals surface area contributed by atoms with Gasteiger partial charge in [0.05, 0.1) is 24.8 Å². The van der Waals surface area contributed by atoms with Crippen molar-refractivity contribution in [1.29, 1.82) is 0 Å². The summed E-state index contributed by atoms with van der Waals surface area (Å²) in [6, 6.07) is 4.59. The number of ether oxygens (including phenoxy) is 2. The Morgan fingerprint density at radius 1 is 1.24 bits per heavy atom. The molecule has 11 heteroatoms. The van der Waals surface area contributed by atoms with Crippen molar-refractivity contribution in [3.8, 4) is 16.3 Å². The van der Waals surface area contributed by atoms with Gasteiger partial charge in [-0.15, -0.1) is 11.3 Å². The van der Waals surface area contributed by atoms with Gasteiger partial charge in [-0.1, -0.05) is 0 Å². The Kier molecular flexibility index (Phi) is 6.61. The second kappa shape index (κ2) is 9.44. The fourth-order valence-electron chi connectivity index (χ4n) is 3.31. The van der Waals surface area contributed by atoms with E-state index in [1.165, 1.54) is 11.3 Å².